The number of fused-ring (bicyclic) bond motifs is 2. The molecule has 3 atom stereocenters. The van der Waals surface area contributed by atoms with Crippen molar-refractivity contribution in [1.82, 2.24) is 0 Å². The summed E-state index contributed by atoms with van der Waals surface area (Å²) < 4.78 is 16.0. The molecule has 2 heterocycles. The van der Waals surface area contributed by atoms with E-state index in [0.29, 0.717) is 12.5 Å². The molecule has 4 rings (SSSR count). The summed E-state index contributed by atoms with van der Waals surface area (Å²) in [6.07, 6.45) is 6.16. The van der Waals surface area contributed by atoms with E-state index in [1.54, 1.807) is 0 Å². The second-order valence-electron chi connectivity index (χ2n) is 5.53. The van der Waals surface area contributed by atoms with Gasteiger partial charge in [0.2, 0.25) is 6.79 Å². The lowest BCUT2D eigenvalue weighted by atomic mass is 9.71. The maximum Gasteiger partial charge on any atom is 0.310 e. The molecule has 1 fully saturated rings. The second kappa shape index (κ2) is 4.54. The number of cyclic esters (lactones) is 1. The minimum absolute atomic E-state index is 0.0610. The van der Waals surface area contributed by atoms with Crippen LogP contribution < -0.4 is 9.47 Å². The fourth-order valence-electron chi connectivity index (χ4n) is 3.46. The average Bonchev–Trinajstić information content (AvgIpc) is 2.94. The Morgan fingerprint density at radius 1 is 1.10 bits per heavy atom. The fourth-order valence-corrected chi connectivity index (χ4v) is 3.46. The smallest absolute Gasteiger partial charge is 0.310 e. The van der Waals surface area contributed by atoms with Crippen molar-refractivity contribution in [3.8, 4) is 11.5 Å². The Hall–Kier alpha value is -1.97. The molecule has 104 valence electrons. The zero-order valence-corrected chi connectivity index (χ0v) is 11.1. The van der Waals surface area contributed by atoms with Gasteiger partial charge >= 0.3 is 5.97 Å². The van der Waals surface area contributed by atoms with Gasteiger partial charge < -0.3 is 14.2 Å². The van der Waals surface area contributed by atoms with Crippen LogP contribution in [0, 0.1) is 11.8 Å². The first-order valence-corrected chi connectivity index (χ1v) is 7.06. The first kappa shape index (κ1) is 11.8. The maximum absolute atomic E-state index is 12.1. The standard InChI is InChI=1S/C16H16O4/c17-16-15-10(6-7-18-16)2-1-3-12(15)11-4-5-13-14(8-11)20-9-19-13/h1-2,4-5,8,10,12,15H,3,6-7,9H2/t10-,12+,15-/m1/s1. The average molecular weight is 272 g/mol. The van der Waals surface area contributed by atoms with E-state index in [9.17, 15) is 4.79 Å². The van der Waals surface area contributed by atoms with Crippen LogP contribution in [0.25, 0.3) is 0 Å². The van der Waals surface area contributed by atoms with Gasteiger partial charge in [0.15, 0.2) is 11.5 Å². The van der Waals surface area contributed by atoms with Crippen LogP contribution in [0.1, 0.15) is 24.3 Å². The summed E-state index contributed by atoms with van der Waals surface area (Å²) >= 11 is 0. The lowest BCUT2D eigenvalue weighted by molar-refractivity contribution is -0.156. The number of esters is 1. The molecule has 0 aromatic heterocycles. The van der Waals surface area contributed by atoms with Crippen LogP contribution >= 0.6 is 0 Å². The molecule has 0 N–H and O–H groups in total. The second-order valence-corrected chi connectivity index (χ2v) is 5.53. The van der Waals surface area contributed by atoms with Crippen molar-refractivity contribution in [2.75, 3.05) is 13.4 Å². The highest BCUT2D eigenvalue weighted by Crippen LogP contribution is 2.44. The number of carbonyl (C=O) groups is 1. The van der Waals surface area contributed by atoms with E-state index in [-0.39, 0.29) is 24.6 Å². The first-order chi connectivity index (χ1) is 9.83. The van der Waals surface area contributed by atoms with E-state index in [1.807, 2.05) is 18.2 Å². The van der Waals surface area contributed by atoms with Crippen LogP contribution in [0.15, 0.2) is 30.4 Å². The molecule has 2 aliphatic heterocycles. The fraction of sp³-hybridized carbons (Fsp3) is 0.438. The minimum atomic E-state index is -0.0618. The predicted octanol–water partition coefficient (Wildman–Crippen LogP) is 2.64. The quantitative estimate of drug-likeness (QED) is 0.582. The normalized spacial score (nSPS) is 30.8. The minimum Gasteiger partial charge on any atom is -0.465 e. The van der Waals surface area contributed by atoms with Gasteiger partial charge in [0.25, 0.3) is 0 Å². The third-order valence-electron chi connectivity index (χ3n) is 4.46. The molecule has 1 aliphatic carbocycles. The summed E-state index contributed by atoms with van der Waals surface area (Å²) in [5.74, 6) is 1.91. The molecular weight excluding hydrogens is 256 g/mol. The molecule has 1 saturated heterocycles. The van der Waals surface area contributed by atoms with Gasteiger partial charge in [0.05, 0.1) is 12.5 Å². The predicted molar refractivity (Wildman–Crippen MR) is 71.6 cm³/mol. The maximum atomic E-state index is 12.1. The molecule has 0 bridgehead atoms. The zero-order valence-electron chi connectivity index (χ0n) is 11.1. The number of hydrogen-bond acceptors (Lipinski definition) is 4. The molecule has 3 aliphatic rings. The van der Waals surface area contributed by atoms with Gasteiger partial charge in [0, 0.05) is 5.92 Å². The highest BCUT2D eigenvalue weighted by Gasteiger charge is 2.40. The zero-order chi connectivity index (χ0) is 13.5. The van der Waals surface area contributed by atoms with Crippen molar-refractivity contribution < 1.29 is 19.0 Å². The van der Waals surface area contributed by atoms with Crippen LogP contribution in [-0.4, -0.2) is 19.4 Å². The van der Waals surface area contributed by atoms with E-state index in [2.05, 4.69) is 12.2 Å². The number of ether oxygens (including phenoxy) is 3. The van der Waals surface area contributed by atoms with Crippen LogP contribution in [-0.2, 0) is 9.53 Å². The van der Waals surface area contributed by atoms with Gasteiger partial charge in [-0.05, 0) is 36.5 Å². The molecule has 1 aromatic rings. The topological polar surface area (TPSA) is 44.8 Å². The lowest BCUT2D eigenvalue weighted by Gasteiger charge is -2.36. The van der Waals surface area contributed by atoms with E-state index in [4.69, 9.17) is 14.2 Å². The molecule has 4 heteroatoms. The Kier molecular flexibility index (Phi) is 2.69. The van der Waals surface area contributed by atoms with Crippen LogP contribution in [0.4, 0.5) is 0 Å². The lowest BCUT2D eigenvalue weighted by Crippen LogP contribution is -2.37. The van der Waals surface area contributed by atoms with Gasteiger partial charge in [-0.1, -0.05) is 18.2 Å². The van der Waals surface area contributed by atoms with E-state index < -0.39 is 0 Å². The van der Waals surface area contributed by atoms with Gasteiger partial charge in [-0.15, -0.1) is 0 Å². The van der Waals surface area contributed by atoms with Crippen molar-refractivity contribution in [2.45, 2.75) is 18.8 Å². The molecular formula is C16H16O4. The Labute approximate surface area is 117 Å². The van der Waals surface area contributed by atoms with E-state index in [0.717, 1.165) is 29.9 Å². The molecule has 0 amide bonds. The largest absolute Gasteiger partial charge is 0.465 e. The number of carbonyl (C=O) groups excluding carboxylic acids is 1. The Balaban J connectivity index is 1.70. The molecule has 0 unspecified atom stereocenters. The number of hydrogen-bond donors (Lipinski definition) is 0. The van der Waals surface area contributed by atoms with Gasteiger partial charge in [-0.3, -0.25) is 4.79 Å². The van der Waals surface area contributed by atoms with Gasteiger partial charge in [-0.2, -0.15) is 0 Å². The first-order valence-electron chi connectivity index (χ1n) is 7.06. The van der Waals surface area contributed by atoms with Gasteiger partial charge in [0.1, 0.15) is 0 Å². The number of rotatable bonds is 1. The summed E-state index contributed by atoms with van der Waals surface area (Å²) in [5, 5.41) is 0. The van der Waals surface area contributed by atoms with E-state index >= 15 is 0 Å². The summed E-state index contributed by atoms with van der Waals surface area (Å²) in [6, 6.07) is 5.97. The van der Waals surface area contributed by atoms with Crippen molar-refractivity contribution in [3.63, 3.8) is 0 Å². The van der Waals surface area contributed by atoms with Crippen molar-refractivity contribution in [1.29, 1.82) is 0 Å². The molecule has 1 aromatic carbocycles. The number of allylic oxidation sites excluding steroid dienone is 2. The summed E-state index contributed by atoms with van der Waals surface area (Å²) in [6.45, 7) is 0.815. The molecule has 0 spiro atoms. The molecule has 0 saturated carbocycles. The third-order valence-corrected chi connectivity index (χ3v) is 4.46. The van der Waals surface area contributed by atoms with Crippen LogP contribution in [0.5, 0.6) is 11.5 Å². The van der Waals surface area contributed by atoms with Crippen LogP contribution in [0.2, 0.25) is 0 Å². The Bertz CT molecular complexity index is 578. The third kappa shape index (κ3) is 1.79. The summed E-state index contributed by atoms with van der Waals surface area (Å²) in [5.41, 5.74) is 1.13. The summed E-state index contributed by atoms with van der Waals surface area (Å²) in [7, 11) is 0. The molecule has 20 heavy (non-hydrogen) atoms. The highest BCUT2D eigenvalue weighted by atomic mass is 16.7. The Morgan fingerprint density at radius 3 is 2.95 bits per heavy atom. The molecule has 0 radical (unpaired) electrons. The van der Waals surface area contributed by atoms with Crippen molar-refractivity contribution in [3.05, 3.63) is 35.9 Å². The van der Waals surface area contributed by atoms with Gasteiger partial charge in [-0.25, -0.2) is 0 Å². The summed E-state index contributed by atoms with van der Waals surface area (Å²) in [4.78, 5) is 12.1. The number of benzene rings is 1. The van der Waals surface area contributed by atoms with Crippen LogP contribution in [0.3, 0.4) is 0 Å². The molecule has 4 nitrogen and oxygen atoms in total. The Morgan fingerprint density at radius 2 is 2.00 bits per heavy atom. The van der Waals surface area contributed by atoms with Crippen molar-refractivity contribution in [2.24, 2.45) is 11.8 Å². The van der Waals surface area contributed by atoms with Crippen molar-refractivity contribution >= 4 is 5.97 Å². The van der Waals surface area contributed by atoms with E-state index in [1.165, 1.54) is 0 Å². The monoisotopic (exact) mass is 272 g/mol. The highest BCUT2D eigenvalue weighted by molar-refractivity contribution is 5.75. The SMILES string of the molecule is O=C1OCC[C@H]2C=CC[C@@H](c3ccc4c(c3)OCO4)[C@H]12.